The van der Waals surface area contributed by atoms with E-state index in [4.69, 9.17) is 16.3 Å². The molecular formula is C33H36ClNO5. The Kier molecular flexibility index (Phi) is 7.43. The van der Waals surface area contributed by atoms with Crippen molar-refractivity contribution in [3.8, 4) is 5.75 Å². The number of allylic oxidation sites excluding steroid dienone is 4. The Labute approximate surface area is 240 Å². The van der Waals surface area contributed by atoms with Gasteiger partial charge >= 0.3 is 5.97 Å². The van der Waals surface area contributed by atoms with Crippen LogP contribution in [-0.2, 0) is 21.0 Å². The summed E-state index contributed by atoms with van der Waals surface area (Å²) in [5.74, 6) is -0.618. The first-order chi connectivity index (χ1) is 18.8. The quantitative estimate of drug-likeness (QED) is 0.389. The van der Waals surface area contributed by atoms with Gasteiger partial charge in [0.15, 0.2) is 11.6 Å². The molecule has 7 heteroatoms. The molecule has 1 aliphatic heterocycles. The number of aliphatic carboxylic acids is 1. The van der Waals surface area contributed by atoms with Crippen LogP contribution in [0.1, 0.15) is 76.8 Å². The monoisotopic (exact) mass is 561 g/mol. The van der Waals surface area contributed by atoms with Gasteiger partial charge in [-0.1, -0.05) is 63.6 Å². The van der Waals surface area contributed by atoms with Gasteiger partial charge in [0.2, 0.25) is 0 Å². The van der Waals surface area contributed by atoms with Gasteiger partial charge in [0.05, 0.1) is 6.42 Å². The lowest BCUT2D eigenvalue weighted by molar-refractivity contribution is -0.137. The summed E-state index contributed by atoms with van der Waals surface area (Å²) in [7, 11) is 0. The Morgan fingerprint density at radius 1 is 0.875 bits per heavy atom. The number of nitrogens with zero attached hydrogens (tertiary/aromatic N) is 1. The van der Waals surface area contributed by atoms with Crippen LogP contribution in [0.3, 0.4) is 0 Å². The Morgan fingerprint density at radius 3 is 1.90 bits per heavy atom. The van der Waals surface area contributed by atoms with Crippen LogP contribution in [0.4, 0.5) is 0 Å². The molecule has 2 aromatic rings. The molecule has 2 aromatic carbocycles. The minimum Gasteiger partial charge on any atom is -0.489 e. The predicted octanol–water partition coefficient (Wildman–Crippen LogP) is 7.08. The summed E-state index contributed by atoms with van der Waals surface area (Å²) in [5.41, 5.74) is 4.40. The Bertz CT molecular complexity index is 1360. The third-order valence-corrected chi connectivity index (χ3v) is 8.36. The third kappa shape index (κ3) is 5.73. The number of halogens is 1. The lowest BCUT2D eigenvalue weighted by Crippen LogP contribution is -2.45. The number of carbonyl (C=O) groups excluding carboxylic acids is 2. The first kappa shape index (κ1) is 28.2. The van der Waals surface area contributed by atoms with E-state index < -0.39 is 11.9 Å². The molecule has 6 nitrogen and oxygen atoms in total. The van der Waals surface area contributed by atoms with Gasteiger partial charge < -0.3 is 14.7 Å². The second-order valence-corrected chi connectivity index (χ2v) is 13.3. The van der Waals surface area contributed by atoms with Crippen molar-refractivity contribution in [1.29, 1.82) is 0 Å². The highest BCUT2D eigenvalue weighted by molar-refractivity contribution is 6.30. The van der Waals surface area contributed by atoms with E-state index in [1.807, 2.05) is 53.4 Å². The van der Waals surface area contributed by atoms with E-state index in [-0.39, 0.29) is 35.4 Å². The molecule has 5 rings (SSSR count). The standard InChI is InChI=1S/C33H36ClNO5/c1-32(2)15-24-30(26(36)17-32)29(21-7-11-23(12-8-21)40-19-20-5-9-22(34)10-6-20)31-25(35(24)14-13-28(38)39)16-33(3,4)18-27(31)37/h5-12,29H,13-19H2,1-4H3,(H,38,39). The smallest absolute Gasteiger partial charge is 0.305 e. The van der Waals surface area contributed by atoms with Gasteiger partial charge in [0, 0.05) is 52.9 Å². The minimum atomic E-state index is -0.900. The van der Waals surface area contributed by atoms with Gasteiger partial charge in [0.25, 0.3) is 0 Å². The minimum absolute atomic E-state index is 0.0313. The summed E-state index contributed by atoms with van der Waals surface area (Å²) in [6, 6.07) is 15.2. The summed E-state index contributed by atoms with van der Waals surface area (Å²) >= 11 is 5.98. The Hall–Kier alpha value is -3.38. The van der Waals surface area contributed by atoms with E-state index in [1.165, 1.54) is 0 Å². The molecule has 0 fully saturated rings. The molecular weight excluding hydrogens is 526 g/mol. The second kappa shape index (κ2) is 10.5. The molecule has 0 amide bonds. The van der Waals surface area contributed by atoms with Crippen molar-refractivity contribution in [3.05, 3.63) is 87.2 Å². The molecule has 0 saturated heterocycles. The molecule has 0 saturated carbocycles. The fourth-order valence-electron chi connectivity index (χ4n) is 6.36. The number of Topliss-reactive ketones (excluding diaryl/α,β-unsaturated/α-hetero) is 2. The second-order valence-electron chi connectivity index (χ2n) is 12.8. The average Bonchev–Trinajstić information content (AvgIpc) is 2.85. The van der Waals surface area contributed by atoms with Crippen molar-refractivity contribution in [3.63, 3.8) is 0 Å². The Balaban J connectivity index is 1.56. The van der Waals surface area contributed by atoms with E-state index in [0.29, 0.717) is 54.2 Å². The molecule has 1 N–H and O–H groups in total. The van der Waals surface area contributed by atoms with Crippen LogP contribution in [0.25, 0.3) is 0 Å². The van der Waals surface area contributed by atoms with Gasteiger partial charge in [-0.3, -0.25) is 14.4 Å². The van der Waals surface area contributed by atoms with E-state index in [0.717, 1.165) is 22.5 Å². The van der Waals surface area contributed by atoms with Crippen molar-refractivity contribution in [2.75, 3.05) is 6.54 Å². The summed E-state index contributed by atoms with van der Waals surface area (Å²) < 4.78 is 5.99. The highest BCUT2D eigenvalue weighted by Gasteiger charge is 2.48. The number of ketones is 2. The topological polar surface area (TPSA) is 83.9 Å². The number of carboxylic acid groups (broad SMARTS) is 1. The number of hydrogen-bond acceptors (Lipinski definition) is 5. The molecule has 0 bridgehead atoms. The van der Waals surface area contributed by atoms with Crippen LogP contribution in [0.2, 0.25) is 5.02 Å². The highest BCUT2D eigenvalue weighted by Crippen LogP contribution is 2.54. The SMILES string of the molecule is CC1(C)CC(=O)C2=C(C1)N(CCC(=O)O)C1=C(C(=O)CC(C)(C)C1)C2c1ccc(OCc2ccc(Cl)cc2)cc1. The van der Waals surface area contributed by atoms with Crippen LogP contribution in [0.15, 0.2) is 71.1 Å². The average molecular weight is 562 g/mol. The summed E-state index contributed by atoms with van der Waals surface area (Å²) in [5, 5.41) is 10.2. The number of rotatable bonds is 7. The van der Waals surface area contributed by atoms with Crippen molar-refractivity contribution in [2.45, 2.75) is 72.3 Å². The van der Waals surface area contributed by atoms with Crippen molar-refractivity contribution < 1.29 is 24.2 Å². The molecule has 210 valence electrons. The van der Waals surface area contributed by atoms with Gasteiger partial charge in [0.1, 0.15) is 12.4 Å². The number of benzene rings is 2. The maximum Gasteiger partial charge on any atom is 0.305 e. The van der Waals surface area contributed by atoms with E-state index in [1.54, 1.807) is 0 Å². The van der Waals surface area contributed by atoms with Crippen molar-refractivity contribution in [2.24, 2.45) is 10.8 Å². The molecule has 0 aromatic heterocycles. The maximum atomic E-state index is 13.8. The molecule has 0 atom stereocenters. The van der Waals surface area contributed by atoms with Gasteiger partial charge in [-0.05, 0) is 59.1 Å². The Morgan fingerprint density at radius 2 is 1.40 bits per heavy atom. The fraction of sp³-hybridized carbons (Fsp3) is 0.424. The number of carboxylic acids is 1. The summed E-state index contributed by atoms with van der Waals surface area (Å²) in [6.45, 7) is 8.93. The molecule has 1 heterocycles. The molecule has 40 heavy (non-hydrogen) atoms. The first-order valence-corrected chi connectivity index (χ1v) is 14.2. The largest absolute Gasteiger partial charge is 0.489 e. The zero-order valence-corrected chi connectivity index (χ0v) is 24.3. The molecule has 2 aliphatic carbocycles. The number of ether oxygens (including phenoxy) is 1. The zero-order valence-electron chi connectivity index (χ0n) is 23.6. The van der Waals surface area contributed by atoms with Crippen LogP contribution >= 0.6 is 11.6 Å². The highest BCUT2D eigenvalue weighted by atomic mass is 35.5. The third-order valence-electron chi connectivity index (χ3n) is 8.10. The summed E-state index contributed by atoms with van der Waals surface area (Å²) in [4.78, 5) is 41.2. The number of hydrogen-bond donors (Lipinski definition) is 1. The molecule has 0 radical (unpaired) electrons. The maximum absolute atomic E-state index is 13.8. The first-order valence-electron chi connectivity index (χ1n) is 13.8. The fourth-order valence-corrected chi connectivity index (χ4v) is 6.49. The van der Waals surface area contributed by atoms with Gasteiger partial charge in [-0.2, -0.15) is 0 Å². The summed E-state index contributed by atoms with van der Waals surface area (Å²) in [6.07, 6.45) is 2.01. The lowest BCUT2D eigenvalue weighted by atomic mass is 9.63. The van der Waals surface area contributed by atoms with Crippen LogP contribution in [-0.4, -0.2) is 34.1 Å². The van der Waals surface area contributed by atoms with Crippen molar-refractivity contribution in [1.82, 2.24) is 4.90 Å². The molecule has 3 aliphatic rings. The zero-order chi connectivity index (χ0) is 28.8. The van der Waals surface area contributed by atoms with Crippen LogP contribution < -0.4 is 4.74 Å². The lowest BCUT2D eigenvalue weighted by Gasteiger charge is -2.49. The molecule has 0 spiro atoms. The normalized spacial score (nSPS) is 20.4. The predicted molar refractivity (Wildman–Crippen MR) is 154 cm³/mol. The van der Waals surface area contributed by atoms with Crippen LogP contribution in [0.5, 0.6) is 5.75 Å². The number of carbonyl (C=O) groups is 3. The van der Waals surface area contributed by atoms with Gasteiger partial charge in [-0.15, -0.1) is 0 Å². The van der Waals surface area contributed by atoms with E-state index >= 15 is 0 Å². The molecule has 0 unspecified atom stereocenters. The van der Waals surface area contributed by atoms with Crippen molar-refractivity contribution >= 4 is 29.1 Å². The van der Waals surface area contributed by atoms with Gasteiger partial charge in [-0.25, -0.2) is 0 Å². The van der Waals surface area contributed by atoms with E-state index in [2.05, 4.69) is 27.7 Å². The van der Waals surface area contributed by atoms with Crippen LogP contribution in [0, 0.1) is 10.8 Å². The van der Waals surface area contributed by atoms with E-state index in [9.17, 15) is 19.5 Å².